The highest BCUT2D eigenvalue weighted by atomic mass is 32.2. The minimum Gasteiger partial charge on any atom is -0.392 e. The van der Waals surface area contributed by atoms with E-state index < -0.39 is 18.3 Å². The van der Waals surface area contributed by atoms with E-state index in [0.29, 0.717) is 9.24 Å². The van der Waals surface area contributed by atoms with E-state index in [-0.39, 0.29) is 5.56 Å². The molecule has 0 saturated carbocycles. The SMILES string of the molecule is OCc1ccc(Sc2ncns2)cc1C(F)(F)F. The molecule has 0 spiro atoms. The number of nitrogens with zero attached hydrogens (tertiary/aromatic N) is 2. The Morgan fingerprint density at radius 2 is 2.11 bits per heavy atom. The largest absolute Gasteiger partial charge is 0.416 e. The molecule has 0 aliphatic carbocycles. The maximum absolute atomic E-state index is 12.7. The van der Waals surface area contributed by atoms with E-state index >= 15 is 0 Å². The Labute approximate surface area is 109 Å². The average Bonchev–Trinajstić information content (AvgIpc) is 2.80. The molecule has 0 radical (unpaired) electrons. The zero-order valence-corrected chi connectivity index (χ0v) is 10.4. The lowest BCUT2D eigenvalue weighted by atomic mass is 10.1. The van der Waals surface area contributed by atoms with E-state index in [2.05, 4.69) is 9.36 Å². The van der Waals surface area contributed by atoms with Gasteiger partial charge in [-0.2, -0.15) is 17.5 Å². The average molecular weight is 292 g/mol. The molecule has 8 heteroatoms. The predicted octanol–water partition coefficient (Wildman–Crippen LogP) is 3.20. The van der Waals surface area contributed by atoms with Crippen LogP contribution in [0.1, 0.15) is 11.1 Å². The summed E-state index contributed by atoms with van der Waals surface area (Å²) in [6.07, 6.45) is -3.13. The Morgan fingerprint density at radius 3 is 2.67 bits per heavy atom. The summed E-state index contributed by atoms with van der Waals surface area (Å²) < 4.78 is 42.6. The molecule has 0 aliphatic heterocycles. The fraction of sp³-hybridized carbons (Fsp3) is 0.200. The van der Waals surface area contributed by atoms with Gasteiger partial charge in [0.2, 0.25) is 0 Å². The maximum Gasteiger partial charge on any atom is 0.416 e. The molecule has 0 aliphatic rings. The van der Waals surface area contributed by atoms with Crippen molar-refractivity contribution in [1.29, 1.82) is 0 Å². The third kappa shape index (κ3) is 3.01. The van der Waals surface area contributed by atoms with Gasteiger partial charge in [-0.15, -0.1) is 0 Å². The molecule has 1 aromatic carbocycles. The van der Waals surface area contributed by atoms with Crippen molar-refractivity contribution in [2.75, 3.05) is 0 Å². The van der Waals surface area contributed by atoms with Gasteiger partial charge in [0, 0.05) is 4.90 Å². The lowest BCUT2D eigenvalue weighted by Crippen LogP contribution is -2.09. The van der Waals surface area contributed by atoms with Crippen molar-refractivity contribution in [3.05, 3.63) is 35.7 Å². The van der Waals surface area contributed by atoms with Gasteiger partial charge in [-0.25, -0.2) is 4.98 Å². The van der Waals surface area contributed by atoms with E-state index in [1.807, 2.05) is 0 Å². The van der Waals surface area contributed by atoms with Crippen LogP contribution < -0.4 is 0 Å². The fourth-order valence-corrected chi connectivity index (χ4v) is 2.79. The van der Waals surface area contributed by atoms with Gasteiger partial charge < -0.3 is 5.11 Å². The Morgan fingerprint density at radius 1 is 1.33 bits per heavy atom. The van der Waals surface area contributed by atoms with Gasteiger partial charge in [0.05, 0.1) is 12.2 Å². The van der Waals surface area contributed by atoms with Crippen molar-refractivity contribution in [3.8, 4) is 0 Å². The van der Waals surface area contributed by atoms with Crippen molar-refractivity contribution >= 4 is 23.3 Å². The molecular weight excluding hydrogens is 285 g/mol. The van der Waals surface area contributed by atoms with Crippen LogP contribution >= 0.6 is 23.3 Å². The van der Waals surface area contributed by atoms with Gasteiger partial charge in [0.25, 0.3) is 0 Å². The number of rotatable bonds is 3. The van der Waals surface area contributed by atoms with E-state index in [4.69, 9.17) is 5.11 Å². The predicted molar refractivity (Wildman–Crippen MR) is 61.4 cm³/mol. The molecule has 1 N–H and O–H groups in total. The van der Waals surface area contributed by atoms with E-state index in [1.54, 1.807) is 0 Å². The molecule has 3 nitrogen and oxygen atoms in total. The second-order valence-corrected chi connectivity index (χ2v) is 5.38. The third-order valence-corrected chi connectivity index (χ3v) is 3.81. The normalized spacial score (nSPS) is 11.8. The van der Waals surface area contributed by atoms with Gasteiger partial charge in [-0.05, 0) is 29.2 Å². The van der Waals surface area contributed by atoms with Crippen molar-refractivity contribution < 1.29 is 18.3 Å². The van der Waals surface area contributed by atoms with Crippen LogP contribution in [-0.2, 0) is 12.8 Å². The minimum absolute atomic E-state index is 0.135. The maximum atomic E-state index is 12.7. The molecule has 0 atom stereocenters. The number of aliphatic hydroxyl groups excluding tert-OH is 1. The molecule has 96 valence electrons. The summed E-state index contributed by atoms with van der Waals surface area (Å²) >= 11 is 2.22. The van der Waals surface area contributed by atoms with Crippen LogP contribution in [-0.4, -0.2) is 14.5 Å². The minimum atomic E-state index is -4.48. The summed E-state index contributed by atoms with van der Waals surface area (Å²) in [7, 11) is 0. The van der Waals surface area contributed by atoms with Crippen molar-refractivity contribution in [3.63, 3.8) is 0 Å². The number of aliphatic hydroxyl groups is 1. The number of hydrogen-bond donors (Lipinski definition) is 1. The first-order chi connectivity index (χ1) is 8.50. The lowest BCUT2D eigenvalue weighted by Gasteiger charge is -2.12. The number of benzene rings is 1. The fourth-order valence-electron chi connectivity index (χ4n) is 1.33. The van der Waals surface area contributed by atoms with Crippen LogP contribution in [0.15, 0.2) is 33.8 Å². The third-order valence-electron chi connectivity index (χ3n) is 2.10. The summed E-state index contributed by atoms with van der Waals surface area (Å²) in [4.78, 5) is 4.30. The summed E-state index contributed by atoms with van der Waals surface area (Å²) in [5, 5.41) is 8.90. The summed E-state index contributed by atoms with van der Waals surface area (Å²) in [5.74, 6) is 0. The Balaban J connectivity index is 2.34. The molecule has 1 aromatic heterocycles. The van der Waals surface area contributed by atoms with Gasteiger partial charge in [0.15, 0.2) is 4.34 Å². The highest BCUT2D eigenvalue weighted by molar-refractivity contribution is 8.01. The molecule has 0 saturated heterocycles. The van der Waals surface area contributed by atoms with Crippen molar-refractivity contribution in [2.45, 2.75) is 22.0 Å². The van der Waals surface area contributed by atoms with Gasteiger partial charge in [-0.1, -0.05) is 17.8 Å². The quantitative estimate of drug-likeness (QED) is 0.943. The molecule has 1 heterocycles. The Bertz CT molecular complexity index is 528. The number of halogens is 3. The van der Waals surface area contributed by atoms with Gasteiger partial charge in [-0.3, -0.25) is 0 Å². The Kier molecular flexibility index (Phi) is 3.88. The van der Waals surface area contributed by atoms with E-state index in [9.17, 15) is 13.2 Å². The molecule has 0 bridgehead atoms. The smallest absolute Gasteiger partial charge is 0.392 e. The lowest BCUT2D eigenvalue weighted by molar-refractivity contribution is -0.138. The first-order valence-corrected chi connectivity index (χ1v) is 6.35. The highest BCUT2D eigenvalue weighted by Crippen LogP contribution is 2.36. The van der Waals surface area contributed by atoms with Crippen LogP contribution in [0.4, 0.5) is 13.2 Å². The molecule has 0 amide bonds. The molecule has 18 heavy (non-hydrogen) atoms. The number of aromatic nitrogens is 2. The molecule has 0 unspecified atom stereocenters. The zero-order valence-electron chi connectivity index (χ0n) is 8.81. The van der Waals surface area contributed by atoms with Gasteiger partial charge in [0.1, 0.15) is 6.33 Å². The van der Waals surface area contributed by atoms with Crippen LogP contribution in [0.3, 0.4) is 0 Å². The van der Waals surface area contributed by atoms with Crippen molar-refractivity contribution in [1.82, 2.24) is 9.36 Å². The van der Waals surface area contributed by atoms with Crippen LogP contribution in [0.5, 0.6) is 0 Å². The second kappa shape index (κ2) is 5.25. The number of alkyl halides is 3. The topological polar surface area (TPSA) is 46.0 Å². The standard InChI is InChI=1S/C10H7F3N2OS2/c11-10(12,13)8-3-7(2-1-6(8)4-16)17-9-14-5-15-18-9/h1-3,5,16H,4H2. The highest BCUT2D eigenvalue weighted by Gasteiger charge is 2.33. The first-order valence-electron chi connectivity index (χ1n) is 4.76. The van der Waals surface area contributed by atoms with E-state index in [0.717, 1.165) is 29.4 Å². The Hall–Kier alpha value is -1.12. The summed E-state index contributed by atoms with van der Waals surface area (Å²) in [6, 6.07) is 3.80. The van der Waals surface area contributed by atoms with Crippen LogP contribution in [0.25, 0.3) is 0 Å². The monoisotopic (exact) mass is 292 g/mol. The number of hydrogen-bond acceptors (Lipinski definition) is 5. The molecule has 0 fully saturated rings. The zero-order chi connectivity index (χ0) is 13.2. The summed E-state index contributed by atoms with van der Waals surface area (Å²) in [5.41, 5.74) is -0.955. The van der Waals surface area contributed by atoms with Crippen LogP contribution in [0, 0.1) is 0 Å². The molecule has 2 rings (SSSR count). The summed E-state index contributed by atoms with van der Waals surface area (Å²) in [6.45, 7) is -0.640. The van der Waals surface area contributed by atoms with Gasteiger partial charge >= 0.3 is 6.18 Å². The first kappa shape index (κ1) is 13.3. The second-order valence-electron chi connectivity index (χ2n) is 3.28. The van der Waals surface area contributed by atoms with Crippen molar-refractivity contribution in [2.24, 2.45) is 0 Å². The van der Waals surface area contributed by atoms with Crippen LogP contribution in [0.2, 0.25) is 0 Å². The molecule has 2 aromatic rings. The van der Waals surface area contributed by atoms with E-state index in [1.165, 1.54) is 18.5 Å². The molecular formula is C10H7F3N2OS2.